The van der Waals surface area contributed by atoms with Crippen LogP contribution in [-0.2, 0) is 19.3 Å². The van der Waals surface area contributed by atoms with Crippen molar-refractivity contribution in [3.8, 4) is 0 Å². The van der Waals surface area contributed by atoms with Crippen molar-refractivity contribution in [1.82, 2.24) is 4.98 Å². The minimum absolute atomic E-state index is 0.909. The van der Waals surface area contributed by atoms with Gasteiger partial charge in [0.25, 0.3) is 0 Å². The number of pyridine rings is 1. The highest BCUT2D eigenvalue weighted by molar-refractivity contribution is 5.56. The normalized spacial score (nSPS) is 13.2. The Labute approximate surface area is 114 Å². The molecule has 2 heterocycles. The maximum atomic E-state index is 4.66. The number of hydrogen-bond donors (Lipinski definition) is 1. The first-order valence-corrected chi connectivity index (χ1v) is 6.79. The molecule has 0 aliphatic carbocycles. The van der Waals surface area contributed by atoms with E-state index in [0.29, 0.717) is 0 Å². The van der Waals surface area contributed by atoms with Gasteiger partial charge in [0.05, 0.1) is 0 Å². The quantitative estimate of drug-likeness (QED) is 0.894. The number of allylic oxidation sites excluding steroid dienone is 1. The second-order valence-electron chi connectivity index (χ2n) is 5.05. The van der Waals surface area contributed by atoms with Crippen molar-refractivity contribution in [3.63, 3.8) is 0 Å². The number of benzene rings is 1. The Morgan fingerprint density at radius 2 is 1.89 bits per heavy atom. The predicted molar refractivity (Wildman–Crippen MR) is 79.2 cm³/mol. The monoisotopic (exact) mass is 250 g/mol. The molecule has 0 saturated heterocycles. The summed E-state index contributed by atoms with van der Waals surface area (Å²) in [5.74, 6) is 1.00. The molecule has 0 bridgehead atoms. The lowest BCUT2D eigenvalue weighted by molar-refractivity contribution is 0.800. The number of nitrogens with one attached hydrogen (secondary N) is 1. The minimum Gasteiger partial charge on any atom is -0.344 e. The first kappa shape index (κ1) is 12.0. The lowest BCUT2D eigenvalue weighted by Crippen LogP contribution is -1.96. The van der Waals surface area contributed by atoms with E-state index in [1.54, 1.807) is 0 Å². The third kappa shape index (κ3) is 2.84. The Bertz CT molecular complexity index is 587. The van der Waals surface area contributed by atoms with Crippen molar-refractivity contribution in [2.75, 3.05) is 5.32 Å². The van der Waals surface area contributed by atoms with Crippen LogP contribution in [0.15, 0.2) is 54.7 Å². The number of rotatable bonds is 4. The average Bonchev–Trinajstić information content (AvgIpc) is 2.79. The Hall–Kier alpha value is -2.09. The van der Waals surface area contributed by atoms with E-state index in [1.807, 2.05) is 0 Å². The molecule has 96 valence electrons. The molecule has 2 nitrogen and oxygen atoms in total. The van der Waals surface area contributed by atoms with Gasteiger partial charge in [0.15, 0.2) is 0 Å². The van der Waals surface area contributed by atoms with Crippen molar-refractivity contribution >= 4 is 5.82 Å². The summed E-state index contributed by atoms with van der Waals surface area (Å²) in [6.07, 6.45) is 4.18. The van der Waals surface area contributed by atoms with Crippen LogP contribution in [0.2, 0.25) is 0 Å². The van der Waals surface area contributed by atoms with Crippen LogP contribution in [0.5, 0.6) is 0 Å². The molecule has 0 amide bonds. The fourth-order valence-corrected chi connectivity index (χ4v) is 2.48. The summed E-state index contributed by atoms with van der Waals surface area (Å²) in [7, 11) is 0. The Morgan fingerprint density at radius 3 is 2.74 bits per heavy atom. The van der Waals surface area contributed by atoms with Gasteiger partial charge in [0.1, 0.15) is 5.82 Å². The molecule has 3 rings (SSSR count). The SMILES string of the molecule is C=C1Cc2ccc(CCCc3ccccc3)nc2N1. The molecule has 1 aliphatic heterocycles. The summed E-state index contributed by atoms with van der Waals surface area (Å²) in [6.45, 7) is 3.95. The molecular weight excluding hydrogens is 232 g/mol. The zero-order chi connectivity index (χ0) is 13.1. The van der Waals surface area contributed by atoms with Crippen LogP contribution in [-0.4, -0.2) is 4.98 Å². The highest BCUT2D eigenvalue weighted by atomic mass is 15.0. The van der Waals surface area contributed by atoms with Crippen LogP contribution >= 0.6 is 0 Å². The third-order valence-electron chi connectivity index (χ3n) is 3.48. The average molecular weight is 250 g/mol. The van der Waals surface area contributed by atoms with Gasteiger partial charge in [-0.2, -0.15) is 0 Å². The lowest BCUT2D eigenvalue weighted by Gasteiger charge is -2.04. The molecule has 2 heteroatoms. The number of aryl methyl sites for hydroxylation is 2. The van der Waals surface area contributed by atoms with Crippen LogP contribution < -0.4 is 5.32 Å². The summed E-state index contributed by atoms with van der Waals surface area (Å²) < 4.78 is 0. The second-order valence-corrected chi connectivity index (χ2v) is 5.05. The standard InChI is InChI=1S/C17H18N2/c1-13-12-15-10-11-16(19-17(15)18-13)9-5-8-14-6-3-2-4-7-14/h2-4,6-7,10-11H,1,5,8-9,12H2,(H,18,19). The number of hydrogen-bond acceptors (Lipinski definition) is 2. The highest BCUT2D eigenvalue weighted by Gasteiger charge is 2.14. The van der Waals surface area contributed by atoms with E-state index in [4.69, 9.17) is 0 Å². The summed E-state index contributed by atoms with van der Waals surface area (Å²) in [5.41, 5.74) is 4.87. The molecule has 0 saturated carbocycles. The molecule has 1 N–H and O–H groups in total. The van der Waals surface area contributed by atoms with E-state index >= 15 is 0 Å². The van der Waals surface area contributed by atoms with Gasteiger partial charge in [-0.05, 0) is 30.9 Å². The molecule has 19 heavy (non-hydrogen) atoms. The lowest BCUT2D eigenvalue weighted by atomic mass is 10.1. The summed E-state index contributed by atoms with van der Waals surface area (Å²) in [6, 6.07) is 14.9. The van der Waals surface area contributed by atoms with Crippen molar-refractivity contribution in [2.24, 2.45) is 0 Å². The van der Waals surface area contributed by atoms with Gasteiger partial charge in [0, 0.05) is 23.4 Å². The topological polar surface area (TPSA) is 24.9 Å². The van der Waals surface area contributed by atoms with Crippen LogP contribution in [0.25, 0.3) is 0 Å². The van der Waals surface area contributed by atoms with E-state index in [0.717, 1.165) is 42.9 Å². The van der Waals surface area contributed by atoms with Gasteiger partial charge in [-0.15, -0.1) is 0 Å². The number of anilines is 1. The molecule has 2 aromatic rings. The van der Waals surface area contributed by atoms with Crippen molar-refractivity contribution in [2.45, 2.75) is 25.7 Å². The van der Waals surface area contributed by atoms with Gasteiger partial charge in [-0.3, -0.25) is 0 Å². The summed E-state index contributed by atoms with van der Waals surface area (Å²) in [5, 5.41) is 3.24. The van der Waals surface area contributed by atoms with Crippen molar-refractivity contribution in [1.29, 1.82) is 0 Å². The van der Waals surface area contributed by atoms with E-state index in [2.05, 4.69) is 59.3 Å². The van der Waals surface area contributed by atoms with Gasteiger partial charge >= 0.3 is 0 Å². The molecule has 0 atom stereocenters. The van der Waals surface area contributed by atoms with Crippen molar-refractivity contribution < 1.29 is 0 Å². The first-order chi connectivity index (χ1) is 9.31. The first-order valence-electron chi connectivity index (χ1n) is 6.79. The van der Waals surface area contributed by atoms with Crippen LogP contribution in [0.1, 0.15) is 23.2 Å². The molecule has 1 aromatic carbocycles. The Morgan fingerprint density at radius 1 is 1.05 bits per heavy atom. The van der Waals surface area contributed by atoms with E-state index in [-0.39, 0.29) is 0 Å². The number of aromatic nitrogens is 1. The van der Waals surface area contributed by atoms with Gasteiger partial charge in [-0.25, -0.2) is 4.98 Å². The molecule has 0 spiro atoms. The van der Waals surface area contributed by atoms with E-state index < -0.39 is 0 Å². The zero-order valence-corrected chi connectivity index (χ0v) is 11.0. The number of nitrogens with zero attached hydrogens (tertiary/aromatic N) is 1. The fraction of sp³-hybridized carbons (Fsp3) is 0.235. The molecule has 0 unspecified atom stereocenters. The van der Waals surface area contributed by atoms with Gasteiger partial charge in [0.2, 0.25) is 0 Å². The smallest absolute Gasteiger partial charge is 0.133 e. The predicted octanol–water partition coefficient (Wildman–Crippen LogP) is 3.74. The molecule has 0 fully saturated rings. The third-order valence-corrected chi connectivity index (χ3v) is 3.48. The largest absolute Gasteiger partial charge is 0.344 e. The molecule has 1 aliphatic rings. The summed E-state index contributed by atoms with van der Waals surface area (Å²) >= 11 is 0. The second kappa shape index (κ2) is 5.27. The van der Waals surface area contributed by atoms with E-state index in [9.17, 15) is 0 Å². The van der Waals surface area contributed by atoms with E-state index in [1.165, 1.54) is 11.1 Å². The Kier molecular flexibility index (Phi) is 3.32. The van der Waals surface area contributed by atoms with Gasteiger partial charge in [-0.1, -0.05) is 43.0 Å². The Balaban J connectivity index is 1.59. The van der Waals surface area contributed by atoms with Crippen LogP contribution in [0.3, 0.4) is 0 Å². The van der Waals surface area contributed by atoms with Gasteiger partial charge < -0.3 is 5.32 Å². The van der Waals surface area contributed by atoms with Crippen molar-refractivity contribution in [3.05, 3.63) is 71.6 Å². The van der Waals surface area contributed by atoms with Crippen LogP contribution in [0.4, 0.5) is 5.82 Å². The highest BCUT2D eigenvalue weighted by Crippen LogP contribution is 2.25. The zero-order valence-electron chi connectivity index (χ0n) is 11.0. The molecule has 0 radical (unpaired) electrons. The maximum Gasteiger partial charge on any atom is 0.133 e. The number of fused-ring (bicyclic) bond motifs is 1. The molecule has 1 aromatic heterocycles. The van der Waals surface area contributed by atoms with Crippen LogP contribution in [0, 0.1) is 0 Å². The minimum atomic E-state index is 0.909. The molecular formula is C17H18N2. The summed E-state index contributed by atoms with van der Waals surface area (Å²) in [4.78, 5) is 4.66. The maximum absolute atomic E-state index is 4.66. The fourth-order valence-electron chi connectivity index (χ4n) is 2.48.